The minimum atomic E-state index is -5.37. The molecule has 0 aromatic carbocycles. The summed E-state index contributed by atoms with van der Waals surface area (Å²) in [6, 6.07) is 0. The minimum Gasteiger partial charge on any atom is -0.790 e. The SMILES string of the molecule is C#CC#CC#CC#CC(=O)O[C@H](COC(=O)C#CC#CC#CC#CC)COP(=O)([O-])[O-].CC(N)=O.[HH].[HH].[HH].[HH].[HH].[HH].[HH].[HH].[HH].[HH].[HH].[HH].[HH].[HH].[HH].[HH].[Na+].[Na+]. The number of carbonyl (C=O) groups is 3. The molecule has 1 atom stereocenters. The van der Waals surface area contributed by atoms with Crippen LogP contribution in [0.2, 0.25) is 0 Å². The van der Waals surface area contributed by atoms with Crippen LogP contribution in [-0.4, -0.2) is 37.2 Å². The van der Waals surface area contributed by atoms with Crippen molar-refractivity contribution in [1.82, 2.24) is 0 Å². The molecule has 0 spiro atoms. The molecule has 1 amide bonds. The number of carbonyl (C=O) groups excluding carboxylic acids is 3. The quantitative estimate of drug-likeness (QED) is 0.109. The second-order valence-corrected chi connectivity index (χ2v) is 6.15. The molecule has 0 aromatic rings. The third-order valence-corrected chi connectivity index (χ3v) is 2.65. The van der Waals surface area contributed by atoms with Crippen LogP contribution in [-0.2, 0) is 32.9 Å². The van der Waals surface area contributed by atoms with E-state index in [1.807, 2.05) is 17.8 Å². The van der Waals surface area contributed by atoms with Crippen molar-refractivity contribution in [2.75, 3.05) is 13.2 Å². The zero-order valence-electron chi connectivity index (χ0n) is 20.3. The first-order chi connectivity index (χ1) is 16.5. The van der Waals surface area contributed by atoms with E-state index in [9.17, 15) is 28.7 Å². The van der Waals surface area contributed by atoms with Gasteiger partial charge < -0.3 is 34.1 Å². The Morgan fingerprint density at radius 1 is 0.865 bits per heavy atom. The standard InChI is InChI=1S/C22H11O8P.C2H5NO.2Na.16H2/c1-3-5-7-9-11-13-14-16-21(23)28-18-20(19-29-31(25,26)27)30-22(24)17-15-12-10-8-6-4-2;1-2(3)4;;;;;;;;;;;;;;;;;;/h2,20H,18-19H2,1H3,(H2,25,26,27);1H3,(H2,3,4);;;16*1H/q;;2*+1;;;;;;;;;;;;;;;;/p-2/t20-;;;;;;;;;;;;;;;;;;;/m1.................../s1. The van der Waals surface area contributed by atoms with Gasteiger partial charge in [-0.05, 0) is 78.0 Å². The number of phosphoric acid groups is 1. The van der Waals surface area contributed by atoms with Gasteiger partial charge in [0.1, 0.15) is 6.61 Å². The van der Waals surface area contributed by atoms with E-state index >= 15 is 0 Å². The molecule has 0 aliphatic heterocycles. The van der Waals surface area contributed by atoms with E-state index < -0.39 is 39.1 Å². The van der Waals surface area contributed by atoms with Crippen LogP contribution in [0, 0.1) is 95.2 Å². The van der Waals surface area contributed by atoms with Gasteiger partial charge in [0.05, 0.1) is 14.4 Å². The predicted molar refractivity (Wildman–Crippen MR) is 152 cm³/mol. The number of phosphoric ester groups is 1. The normalized spacial score (nSPS) is 7.86. The maximum absolute atomic E-state index is 11.6. The number of ether oxygens (including phenoxy) is 2. The van der Waals surface area contributed by atoms with Crippen molar-refractivity contribution in [3.05, 3.63) is 0 Å². The Morgan fingerprint density at radius 2 is 1.30 bits per heavy atom. The number of hydrogen-bond acceptors (Lipinski definition) is 9. The average Bonchev–Trinajstić information content (AvgIpc) is 2.76. The molecule has 0 aromatic heterocycles. The Bertz CT molecular complexity index is 1370. The summed E-state index contributed by atoms with van der Waals surface area (Å²) in [5.41, 5.74) is 4.47. The van der Waals surface area contributed by atoms with Gasteiger partial charge in [-0.25, -0.2) is 9.59 Å². The Labute approximate surface area is 283 Å². The van der Waals surface area contributed by atoms with Crippen LogP contribution in [0.1, 0.15) is 36.7 Å². The molecule has 0 aliphatic carbocycles. The van der Waals surface area contributed by atoms with Crippen LogP contribution >= 0.6 is 7.82 Å². The Hall–Kier alpha value is -3.00. The van der Waals surface area contributed by atoms with Crippen LogP contribution in [0.3, 0.4) is 0 Å². The molecule has 0 rings (SSSR count). The van der Waals surface area contributed by atoms with E-state index in [0.29, 0.717) is 0 Å². The molecule has 0 radical (unpaired) electrons. The second-order valence-electron chi connectivity index (χ2n) is 5.00. The van der Waals surface area contributed by atoms with Crippen LogP contribution in [0.15, 0.2) is 0 Å². The number of nitrogens with two attached hydrogens (primary N) is 1. The Morgan fingerprint density at radius 3 is 1.76 bits per heavy atom. The summed E-state index contributed by atoms with van der Waals surface area (Å²) >= 11 is 0. The van der Waals surface area contributed by atoms with Gasteiger partial charge >= 0.3 is 71.1 Å². The van der Waals surface area contributed by atoms with Crippen LogP contribution in [0.25, 0.3) is 0 Å². The molecular formula is C24H46NNa2O9P. The van der Waals surface area contributed by atoms with Gasteiger partial charge in [0.15, 0.2) is 6.10 Å². The average molecular weight is 570 g/mol. The van der Waals surface area contributed by atoms with E-state index in [0.717, 1.165) is 0 Å². The van der Waals surface area contributed by atoms with Crippen LogP contribution < -0.4 is 74.6 Å². The summed E-state index contributed by atoms with van der Waals surface area (Å²) < 4.78 is 24.0. The monoisotopic (exact) mass is 569 g/mol. The molecule has 0 heterocycles. The van der Waals surface area contributed by atoms with Gasteiger partial charge in [0.25, 0.3) is 0 Å². The molecular weight excluding hydrogens is 523 g/mol. The van der Waals surface area contributed by atoms with Crippen molar-refractivity contribution in [2.45, 2.75) is 20.0 Å². The smallest absolute Gasteiger partial charge is 0.790 e. The molecule has 13 heteroatoms. The second kappa shape index (κ2) is 27.6. The summed E-state index contributed by atoms with van der Waals surface area (Å²) in [6.07, 6.45) is 3.40. The fraction of sp³-hybridized carbons (Fsp3) is 0.208. The molecule has 0 bridgehead atoms. The summed E-state index contributed by atoms with van der Waals surface area (Å²) in [4.78, 5) is 53.5. The van der Waals surface area contributed by atoms with Crippen molar-refractivity contribution in [2.24, 2.45) is 5.73 Å². The first kappa shape index (κ1) is 41.1. The van der Waals surface area contributed by atoms with Crippen molar-refractivity contribution in [1.29, 1.82) is 0 Å². The first-order valence-electron chi connectivity index (χ1n) is 8.71. The number of rotatable bonds is 6. The molecule has 0 saturated carbocycles. The summed E-state index contributed by atoms with van der Waals surface area (Å²) in [5.74, 6) is 30.7. The van der Waals surface area contributed by atoms with Gasteiger partial charge in [0.2, 0.25) is 5.91 Å². The molecule has 0 unspecified atom stereocenters. The van der Waals surface area contributed by atoms with Crippen molar-refractivity contribution >= 4 is 25.7 Å². The minimum absolute atomic E-state index is 0. The van der Waals surface area contributed by atoms with Crippen molar-refractivity contribution in [3.8, 4) is 95.2 Å². The Kier molecular flexibility index (Phi) is 30.7. The third-order valence-electron chi connectivity index (χ3n) is 2.18. The van der Waals surface area contributed by atoms with Crippen LogP contribution in [0.5, 0.6) is 0 Å². The predicted octanol–water partition coefficient (Wildman–Crippen LogP) is -4.60. The maximum atomic E-state index is 11.6. The zero-order chi connectivity index (χ0) is 27.0. The fourth-order valence-corrected chi connectivity index (χ4v) is 1.51. The van der Waals surface area contributed by atoms with E-state index in [1.54, 1.807) is 6.92 Å². The van der Waals surface area contributed by atoms with Crippen molar-refractivity contribution in [3.63, 3.8) is 0 Å². The molecule has 0 fully saturated rings. The molecule has 10 nitrogen and oxygen atoms in total. The van der Waals surface area contributed by atoms with Crippen molar-refractivity contribution < 1.29 is 125 Å². The number of amides is 1. The molecule has 0 aliphatic rings. The molecule has 37 heavy (non-hydrogen) atoms. The van der Waals surface area contributed by atoms with E-state index in [1.165, 1.54) is 6.92 Å². The van der Waals surface area contributed by atoms with Gasteiger partial charge in [0, 0.05) is 41.6 Å². The maximum Gasteiger partial charge on any atom is 1.00 e. The van der Waals surface area contributed by atoms with E-state index in [4.69, 9.17) is 11.2 Å². The number of hydrogen-bond donors (Lipinski definition) is 1. The molecule has 0 saturated heterocycles. The molecule has 2 N–H and O–H groups in total. The van der Waals surface area contributed by atoms with Gasteiger partial charge in [-0.1, -0.05) is 5.92 Å². The Balaban J connectivity index is -0.0000000261. The largest absolute Gasteiger partial charge is 1.00 e. The number of esters is 2. The summed E-state index contributed by atoms with van der Waals surface area (Å²) in [5, 5.41) is 0. The first-order valence-corrected chi connectivity index (χ1v) is 10.2. The third kappa shape index (κ3) is 37.7. The summed E-state index contributed by atoms with van der Waals surface area (Å²) in [6.45, 7) is 1.31. The zero-order valence-corrected chi connectivity index (χ0v) is 25.2. The number of primary amides is 1. The summed E-state index contributed by atoms with van der Waals surface area (Å²) in [7, 11) is -5.37. The molecule has 208 valence electrons. The fourth-order valence-electron chi connectivity index (χ4n) is 1.16. The van der Waals surface area contributed by atoms with Crippen LogP contribution in [0.4, 0.5) is 0 Å². The van der Waals surface area contributed by atoms with E-state index in [2.05, 4.69) is 86.0 Å². The van der Waals surface area contributed by atoms with E-state index in [-0.39, 0.29) is 87.8 Å². The topological polar surface area (TPSA) is 168 Å². The number of terminal acetylenes is 1. The van der Waals surface area contributed by atoms with Gasteiger partial charge in [-0.15, -0.1) is 6.42 Å². The van der Waals surface area contributed by atoms with Gasteiger partial charge in [-0.3, -0.25) is 4.79 Å². The van der Waals surface area contributed by atoms with Gasteiger partial charge in [-0.2, -0.15) is 0 Å².